The highest BCUT2D eigenvalue weighted by molar-refractivity contribution is 5.77. The molecule has 7 heteroatoms. The van der Waals surface area contributed by atoms with Crippen LogP contribution in [0.15, 0.2) is 0 Å². The summed E-state index contributed by atoms with van der Waals surface area (Å²) in [6.07, 6.45) is -1.39. The molecular weight excluding hydrogens is 252 g/mol. The summed E-state index contributed by atoms with van der Waals surface area (Å²) in [6, 6.07) is -0.800. The summed E-state index contributed by atoms with van der Waals surface area (Å²) in [5.41, 5.74) is 2.22. The Hall–Kier alpha value is -1.79. The van der Waals surface area contributed by atoms with E-state index < -0.39 is 18.2 Å². The minimum atomic E-state index is -0.809. The summed E-state index contributed by atoms with van der Waals surface area (Å²) in [5.74, 6) is 0. The molecule has 0 aromatic carbocycles. The minimum absolute atomic E-state index is 0.334. The summed E-state index contributed by atoms with van der Waals surface area (Å²) in [5, 5.41) is 0.845. The molecule has 0 saturated carbocycles. The van der Waals surface area contributed by atoms with Crippen LogP contribution >= 0.6 is 0 Å². The van der Waals surface area contributed by atoms with Crippen LogP contribution in [0.1, 0.15) is 41.0 Å². The molecule has 0 rings (SSSR count). The number of hydrazine groups is 1. The van der Waals surface area contributed by atoms with Crippen LogP contribution in [0.2, 0.25) is 0 Å². The number of ether oxygens (including phenoxy) is 2. The molecule has 0 heterocycles. The van der Waals surface area contributed by atoms with E-state index in [-0.39, 0.29) is 12.2 Å². The maximum absolute atomic E-state index is 11.8. The van der Waals surface area contributed by atoms with Gasteiger partial charge in [-0.1, -0.05) is 6.92 Å². The van der Waals surface area contributed by atoms with E-state index in [9.17, 15) is 14.4 Å². The molecule has 110 valence electrons. The maximum atomic E-state index is 11.8. The van der Waals surface area contributed by atoms with Crippen LogP contribution in [0, 0.1) is 0 Å². The summed E-state index contributed by atoms with van der Waals surface area (Å²) in [4.78, 5) is 34.2. The fourth-order valence-corrected chi connectivity index (χ4v) is 1.20. The monoisotopic (exact) mass is 274 g/mol. The number of hydrogen-bond acceptors (Lipinski definition) is 5. The molecule has 0 aliphatic rings. The molecule has 1 N–H and O–H groups in total. The molecule has 0 saturated heterocycles. The predicted molar refractivity (Wildman–Crippen MR) is 68.4 cm³/mol. The zero-order valence-corrected chi connectivity index (χ0v) is 12.0. The quantitative estimate of drug-likeness (QED) is 0.611. The summed E-state index contributed by atoms with van der Waals surface area (Å²) in [7, 11) is 0. The van der Waals surface area contributed by atoms with Crippen molar-refractivity contribution in [2.45, 2.75) is 59.3 Å². The van der Waals surface area contributed by atoms with Gasteiger partial charge in [0.05, 0.1) is 12.2 Å². The standard InChI is InChI=1S/C12H22N2O5/c1-6-10(7-15)14(12(17)19-9(4)5)13-11(16)18-8(2)3/h7-10H,6H2,1-5H3,(H,13,16)/t10-/m1/s1. The average Bonchev–Trinajstić information content (AvgIpc) is 2.27. The van der Waals surface area contributed by atoms with Crippen molar-refractivity contribution in [1.82, 2.24) is 10.4 Å². The summed E-state index contributed by atoms with van der Waals surface area (Å²) < 4.78 is 9.82. The van der Waals surface area contributed by atoms with Crippen molar-refractivity contribution in [3.05, 3.63) is 0 Å². The molecule has 0 aliphatic carbocycles. The lowest BCUT2D eigenvalue weighted by atomic mass is 10.2. The Balaban J connectivity index is 4.80. The first kappa shape index (κ1) is 17.2. The van der Waals surface area contributed by atoms with Gasteiger partial charge in [0.2, 0.25) is 0 Å². The first-order valence-electron chi connectivity index (χ1n) is 6.24. The van der Waals surface area contributed by atoms with Crippen molar-refractivity contribution in [2.24, 2.45) is 0 Å². The van der Waals surface area contributed by atoms with Crippen molar-refractivity contribution in [1.29, 1.82) is 0 Å². The van der Waals surface area contributed by atoms with Gasteiger partial charge >= 0.3 is 12.2 Å². The van der Waals surface area contributed by atoms with Gasteiger partial charge in [0.1, 0.15) is 12.3 Å². The normalized spacial score (nSPS) is 11.9. The van der Waals surface area contributed by atoms with Crippen LogP contribution in [0.3, 0.4) is 0 Å². The van der Waals surface area contributed by atoms with Crippen LogP contribution < -0.4 is 5.43 Å². The van der Waals surface area contributed by atoms with Crippen LogP contribution in [0.5, 0.6) is 0 Å². The Morgan fingerprint density at radius 1 is 1.16 bits per heavy atom. The third-order valence-electron chi connectivity index (χ3n) is 1.99. The second kappa shape index (κ2) is 8.34. The molecule has 2 amide bonds. The van der Waals surface area contributed by atoms with E-state index in [0.29, 0.717) is 12.7 Å². The van der Waals surface area contributed by atoms with Gasteiger partial charge in [0, 0.05) is 0 Å². The minimum Gasteiger partial charge on any atom is -0.446 e. The number of nitrogens with zero attached hydrogens (tertiary/aromatic N) is 1. The van der Waals surface area contributed by atoms with Gasteiger partial charge in [-0.3, -0.25) is 0 Å². The highest BCUT2D eigenvalue weighted by Crippen LogP contribution is 2.04. The Morgan fingerprint density at radius 2 is 1.68 bits per heavy atom. The van der Waals surface area contributed by atoms with Gasteiger partial charge in [0.15, 0.2) is 0 Å². The van der Waals surface area contributed by atoms with Crippen LogP contribution in [0.25, 0.3) is 0 Å². The fourth-order valence-electron chi connectivity index (χ4n) is 1.20. The number of aldehydes is 1. The van der Waals surface area contributed by atoms with E-state index >= 15 is 0 Å². The Morgan fingerprint density at radius 3 is 2.05 bits per heavy atom. The van der Waals surface area contributed by atoms with E-state index in [4.69, 9.17) is 9.47 Å². The van der Waals surface area contributed by atoms with Crippen molar-refractivity contribution in [3.63, 3.8) is 0 Å². The Bertz CT molecular complexity index is 317. The van der Waals surface area contributed by atoms with E-state index in [1.807, 2.05) is 0 Å². The molecule has 7 nitrogen and oxygen atoms in total. The first-order valence-corrected chi connectivity index (χ1v) is 6.24. The Labute approximate surface area is 113 Å². The molecule has 0 unspecified atom stereocenters. The molecule has 0 aromatic heterocycles. The van der Waals surface area contributed by atoms with Crippen molar-refractivity contribution >= 4 is 18.5 Å². The molecule has 0 aromatic rings. The smallest absolute Gasteiger partial charge is 0.429 e. The third-order valence-corrected chi connectivity index (χ3v) is 1.99. The molecule has 0 fully saturated rings. The van der Waals surface area contributed by atoms with Gasteiger partial charge < -0.3 is 14.3 Å². The van der Waals surface area contributed by atoms with Crippen LogP contribution in [0.4, 0.5) is 9.59 Å². The molecule has 0 aliphatic heterocycles. The number of carbonyl (C=O) groups excluding carboxylic acids is 3. The molecule has 19 heavy (non-hydrogen) atoms. The molecule has 0 bridgehead atoms. The third kappa shape index (κ3) is 6.64. The largest absolute Gasteiger partial charge is 0.446 e. The van der Waals surface area contributed by atoms with Gasteiger partial charge in [-0.2, -0.15) is 0 Å². The average molecular weight is 274 g/mol. The second-order valence-electron chi connectivity index (χ2n) is 4.48. The van der Waals surface area contributed by atoms with E-state index in [1.165, 1.54) is 0 Å². The highest BCUT2D eigenvalue weighted by atomic mass is 16.6. The van der Waals surface area contributed by atoms with Gasteiger partial charge in [0.25, 0.3) is 0 Å². The van der Waals surface area contributed by atoms with Crippen LogP contribution in [-0.4, -0.2) is 41.7 Å². The zero-order valence-electron chi connectivity index (χ0n) is 12.0. The lowest BCUT2D eigenvalue weighted by molar-refractivity contribution is -0.113. The molecular formula is C12H22N2O5. The van der Waals surface area contributed by atoms with E-state index in [2.05, 4.69) is 5.43 Å². The van der Waals surface area contributed by atoms with Crippen molar-refractivity contribution < 1.29 is 23.9 Å². The Kier molecular flexibility index (Phi) is 7.55. The first-order chi connectivity index (χ1) is 8.81. The fraction of sp³-hybridized carbons (Fsp3) is 0.750. The number of nitrogens with one attached hydrogen (secondary N) is 1. The SMILES string of the molecule is CC[C@H](C=O)N(NC(=O)OC(C)C)C(=O)OC(C)C. The van der Waals surface area contributed by atoms with Crippen molar-refractivity contribution in [2.75, 3.05) is 0 Å². The lowest BCUT2D eigenvalue weighted by Gasteiger charge is -2.27. The van der Waals surface area contributed by atoms with Crippen molar-refractivity contribution in [3.8, 4) is 0 Å². The maximum Gasteiger partial charge on any atom is 0.429 e. The molecule has 0 spiro atoms. The summed E-state index contributed by atoms with van der Waals surface area (Å²) >= 11 is 0. The van der Waals surface area contributed by atoms with E-state index in [1.54, 1.807) is 34.6 Å². The summed E-state index contributed by atoms with van der Waals surface area (Å²) in [6.45, 7) is 8.40. The number of carbonyl (C=O) groups is 3. The number of amides is 2. The van der Waals surface area contributed by atoms with Gasteiger partial charge in [-0.05, 0) is 34.1 Å². The number of rotatable bonds is 5. The lowest BCUT2D eigenvalue weighted by Crippen LogP contribution is -2.53. The zero-order chi connectivity index (χ0) is 15.0. The van der Waals surface area contributed by atoms with Crippen LogP contribution in [-0.2, 0) is 14.3 Å². The number of hydrogen-bond donors (Lipinski definition) is 1. The molecule has 0 radical (unpaired) electrons. The predicted octanol–water partition coefficient (Wildman–Crippen LogP) is 1.86. The second-order valence-corrected chi connectivity index (χ2v) is 4.48. The highest BCUT2D eigenvalue weighted by Gasteiger charge is 2.27. The topological polar surface area (TPSA) is 84.9 Å². The molecule has 1 atom stereocenters. The van der Waals surface area contributed by atoms with Gasteiger partial charge in [-0.15, -0.1) is 0 Å². The van der Waals surface area contributed by atoms with Gasteiger partial charge in [-0.25, -0.2) is 20.0 Å². The van der Waals surface area contributed by atoms with E-state index in [0.717, 1.165) is 5.01 Å².